The molecule has 0 aliphatic carbocycles. The van der Waals surface area contributed by atoms with Crippen LogP contribution in [0.25, 0.3) is 10.8 Å². The molecule has 0 N–H and O–H groups in total. The van der Waals surface area contributed by atoms with Gasteiger partial charge >= 0.3 is 0 Å². The molecular weight excluding hydrogens is 248 g/mol. The largest absolute Gasteiger partial charge is 0.294 e. The lowest BCUT2D eigenvalue weighted by Crippen LogP contribution is -2.02. The predicted octanol–water partition coefficient (Wildman–Crippen LogP) is 3.48. The Labute approximate surface area is 117 Å². The number of nitrogens with zero attached hydrogens (tertiary/aromatic N) is 2. The van der Waals surface area contributed by atoms with E-state index in [4.69, 9.17) is 0 Å². The average Bonchev–Trinajstić information content (AvgIpc) is 2.94. The predicted molar refractivity (Wildman–Crippen MR) is 79.9 cm³/mol. The normalized spacial score (nSPS) is 10.8. The van der Waals surface area contributed by atoms with Crippen molar-refractivity contribution >= 4 is 16.6 Å². The number of benzene rings is 2. The first-order chi connectivity index (χ1) is 9.76. The van der Waals surface area contributed by atoms with Gasteiger partial charge in [-0.15, -0.1) is 0 Å². The summed E-state index contributed by atoms with van der Waals surface area (Å²) >= 11 is 0. The van der Waals surface area contributed by atoms with Crippen molar-refractivity contribution in [3.8, 4) is 0 Å². The van der Waals surface area contributed by atoms with E-state index in [9.17, 15) is 4.79 Å². The monoisotopic (exact) mass is 264 g/mol. The summed E-state index contributed by atoms with van der Waals surface area (Å²) in [5.41, 5.74) is 1.72. The van der Waals surface area contributed by atoms with Crippen LogP contribution in [0.15, 0.2) is 54.9 Å². The van der Waals surface area contributed by atoms with E-state index in [0.29, 0.717) is 6.42 Å². The molecular formula is C17H16N2O. The van der Waals surface area contributed by atoms with Gasteiger partial charge in [-0.2, -0.15) is 5.10 Å². The molecule has 3 nitrogen and oxygen atoms in total. The van der Waals surface area contributed by atoms with E-state index < -0.39 is 0 Å². The summed E-state index contributed by atoms with van der Waals surface area (Å²) in [6, 6.07) is 13.9. The van der Waals surface area contributed by atoms with Gasteiger partial charge in [-0.05, 0) is 29.3 Å². The number of carbonyl (C=O) groups excluding carboxylic acids is 1. The summed E-state index contributed by atoms with van der Waals surface area (Å²) in [4.78, 5) is 12.3. The summed E-state index contributed by atoms with van der Waals surface area (Å²) in [7, 11) is 0. The zero-order valence-corrected chi connectivity index (χ0v) is 11.4. The molecule has 1 heterocycles. The molecule has 2 aromatic carbocycles. The van der Waals surface area contributed by atoms with E-state index in [0.717, 1.165) is 28.4 Å². The van der Waals surface area contributed by atoms with E-state index in [1.54, 1.807) is 6.20 Å². The van der Waals surface area contributed by atoms with Gasteiger partial charge in [0.15, 0.2) is 5.78 Å². The molecule has 3 aromatic rings. The van der Waals surface area contributed by atoms with Crippen LogP contribution in [0.4, 0.5) is 0 Å². The quantitative estimate of drug-likeness (QED) is 0.676. The standard InChI is InChI=1S/C17H16N2O/c1-2-19-12-13(11-18-19)9-17(20)16-8-7-14-5-3-4-6-15(14)10-16/h3-8,10-12H,2,9H2,1H3. The zero-order chi connectivity index (χ0) is 13.9. The van der Waals surface area contributed by atoms with Crippen molar-refractivity contribution in [3.05, 3.63) is 66.0 Å². The summed E-state index contributed by atoms with van der Waals surface area (Å²) in [6.45, 7) is 2.85. The van der Waals surface area contributed by atoms with Crippen LogP contribution in [-0.2, 0) is 13.0 Å². The van der Waals surface area contributed by atoms with Gasteiger partial charge in [0.2, 0.25) is 0 Å². The Morgan fingerprint density at radius 3 is 2.70 bits per heavy atom. The second-order valence-corrected chi connectivity index (χ2v) is 4.87. The van der Waals surface area contributed by atoms with Crippen molar-refractivity contribution in [1.29, 1.82) is 0 Å². The fraction of sp³-hybridized carbons (Fsp3) is 0.176. The van der Waals surface area contributed by atoms with E-state index >= 15 is 0 Å². The minimum Gasteiger partial charge on any atom is -0.294 e. The Hall–Kier alpha value is -2.42. The molecule has 0 saturated heterocycles. The highest BCUT2D eigenvalue weighted by atomic mass is 16.1. The lowest BCUT2D eigenvalue weighted by molar-refractivity contribution is 0.0993. The summed E-state index contributed by atoms with van der Waals surface area (Å²) in [5, 5.41) is 6.45. The Morgan fingerprint density at radius 1 is 1.15 bits per heavy atom. The Bertz CT molecular complexity index is 758. The zero-order valence-electron chi connectivity index (χ0n) is 11.4. The van der Waals surface area contributed by atoms with Gasteiger partial charge < -0.3 is 0 Å². The number of hydrogen-bond acceptors (Lipinski definition) is 2. The highest BCUT2D eigenvalue weighted by molar-refractivity contribution is 6.00. The van der Waals surface area contributed by atoms with Crippen molar-refractivity contribution in [2.24, 2.45) is 0 Å². The number of Topliss-reactive ketones (excluding diaryl/α,β-unsaturated/α-hetero) is 1. The molecule has 0 amide bonds. The van der Waals surface area contributed by atoms with Crippen molar-refractivity contribution in [2.45, 2.75) is 19.9 Å². The highest BCUT2D eigenvalue weighted by Gasteiger charge is 2.09. The number of carbonyl (C=O) groups is 1. The van der Waals surface area contributed by atoms with Gasteiger partial charge in [0.05, 0.1) is 6.20 Å². The topological polar surface area (TPSA) is 34.9 Å². The molecule has 3 heteroatoms. The fourth-order valence-electron chi connectivity index (χ4n) is 2.32. The van der Waals surface area contributed by atoms with Crippen LogP contribution in [0.3, 0.4) is 0 Å². The molecule has 0 bridgehead atoms. The van der Waals surface area contributed by atoms with E-state index in [2.05, 4.69) is 11.2 Å². The van der Waals surface area contributed by atoms with Crippen LogP contribution < -0.4 is 0 Å². The van der Waals surface area contributed by atoms with E-state index in [-0.39, 0.29) is 5.78 Å². The molecule has 0 unspecified atom stereocenters. The lowest BCUT2D eigenvalue weighted by Gasteiger charge is -2.02. The van der Waals surface area contributed by atoms with E-state index in [1.165, 1.54) is 0 Å². The Morgan fingerprint density at radius 2 is 1.95 bits per heavy atom. The average molecular weight is 264 g/mol. The molecule has 0 aliphatic rings. The molecule has 0 saturated carbocycles. The first-order valence-electron chi connectivity index (χ1n) is 6.79. The van der Waals surface area contributed by atoms with Crippen molar-refractivity contribution in [1.82, 2.24) is 9.78 Å². The number of ketones is 1. The first-order valence-corrected chi connectivity index (χ1v) is 6.79. The Kier molecular flexibility index (Phi) is 3.33. The van der Waals surface area contributed by atoms with E-state index in [1.807, 2.05) is 54.2 Å². The SMILES string of the molecule is CCn1cc(CC(=O)c2ccc3ccccc3c2)cn1. The van der Waals surface area contributed by atoms with Crippen LogP contribution in [0.1, 0.15) is 22.8 Å². The number of rotatable bonds is 4. The number of aromatic nitrogens is 2. The third kappa shape index (κ3) is 2.48. The third-order valence-corrected chi connectivity index (χ3v) is 3.45. The second kappa shape index (κ2) is 5.29. The molecule has 3 rings (SSSR count). The maximum atomic E-state index is 12.3. The first kappa shape index (κ1) is 12.6. The molecule has 0 fully saturated rings. The molecule has 1 aromatic heterocycles. The number of hydrogen-bond donors (Lipinski definition) is 0. The second-order valence-electron chi connectivity index (χ2n) is 4.87. The van der Waals surface area contributed by atoms with Crippen LogP contribution in [0, 0.1) is 0 Å². The summed E-state index contributed by atoms with van der Waals surface area (Å²) in [6.07, 6.45) is 4.10. The maximum Gasteiger partial charge on any atom is 0.167 e. The van der Waals surface area contributed by atoms with Crippen molar-refractivity contribution in [3.63, 3.8) is 0 Å². The van der Waals surface area contributed by atoms with Gasteiger partial charge in [-0.3, -0.25) is 9.48 Å². The maximum absolute atomic E-state index is 12.3. The number of fused-ring (bicyclic) bond motifs is 1. The fourth-order valence-corrected chi connectivity index (χ4v) is 2.32. The van der Waals surface area contributed by atoms with Gasteiger partial charge in [-0.25, -0.2) is 0 Å². The molecule has 0 radical (unpaired) electrons. The minimum atomic E-state index is 0.131. The van der Waals surface area contributed by atoms with Crippen LogP contribution in [-0.4, -0.2) is 15.6 Å². The van der Waals surface area contributed by atoms with Crippen molar-refractivity contribution < 1.29 is 4.79 Å². The summed E-state index contributed by atoms with van der Waals surface area (Å²) in [5.74, 6) is 0.131. The third-order valence-electron chi connectivity index (χ3n) is 3.45. The van der Waals surface area contributed by atoms with Crippen molar-refractivity contribution in [2.75, 3.05) is 0 Å². The Balaban J connectivity index is 1.84. The number of aryl methyl sites for hydroxylation is 1. The lowest BCUT2D eigenvalue weighted by atomic mass is 10.0. The molecule has 0 aliphatic heterocycles. The summed E-state index contributed by atoms with van der Waals surface area (Å²) < 4.78 is 1.84. The van der Waals surface area contributed by atoms with Crippen LogP contribution >= 0.6 is 0 Å². The van der Waals surface area contributed by atoms with Crippen LogP contribution in [0.2, 0.25) is 0 Å². The van der Waals surface area contributed by atoms with Gasteiger partial charge in [0.25, 0.3) is 0 Å². The van der Waals surface area contributed by atoms with Crippen LogP contribution in [0.5, 0.6) is 0 Å². The smallest absolute Gasteiger partial charge is 0.167 e. The molecule has 0 spiro atoms. The molecule has 100 valence electrons. The van der Waals surface area contributed by atoms with Gasteiger partial charge in [0.1, 0.15) is 0 Å². The molecule has 0 atom stereocenters. The van der Waals surface area contributed by atoms with Gasteiger partial charge in [-0.1, -0.05) is 36.4 Å². The minimum absolute atomic E-state index is 0.131. The van der Waals surface area contributed by atoms with Gasteiger partial charge in [0, 0.05) is 24.7 Å². The highest BCUT2D eigenvalue weighted by Crippen LogP contribution is 2.17. The molecule has 20 heavy (non-hydrogen) atoms.